The number of hydrogen-bond acceptors (Lipinski definition) is 5. The van der Waals surface area contributed by atoms with Crippen molar-refractivity contribution in [2.45, 2.75) is 62.5 Å². The summed E-state index contributed by atoms with van der Waals surface area (Å²) < 4.78 is 0. The van der Waals surface area contributed by atoms with E-state index in [2.05, 4.69) is 30.6 Å². The first kappa shape index (κ1) is 26.0. The molecule has 1 heterocycles. The van der Waals surface area contributed by atoms with E-state index < -0.39 is 5.25 Å². The molecule has 186 valence electrons. The molecule has 0 spiro atoms. The fourth-order valence-corrected chi connectivity index (χ4v) is 6.83. The van der Waals surface area contributed by atoms with Crippen LogP contribution in [0.1, 0.15) is 66.3 Å². The number of unbranched alkanes of at least 4 members (excludes halogenated alkanes) is 1. The summed E-state index contributed by atoms with van der Waals surface area (Å²) in [6, 6.07) is 19.6. The second-order valence-corrected chi connectivity index (χ2v) is 11.5. The molecule has 36 heavy (non-hydrogen) atoms. The molecule has 3 aromatic rings. The van der Waals surface area contributed by atoms with Crippen molar-refractivity contribution >= 4 is 45.6 Å². The van der Waals surface area contributed by atoms with Crippen LogP contribution in [0.4, 0.5) is 10.7 Å². The number of nitriles is 1. The molecule has 2 N–H and O–H groups in total. The van der Waals surface area contributed by atoms with Gasteiger partial charge in [-0.25, -0.2) is 0 Å². The third-order valence-corrected chi connectivity index (χ3v) is 8.75. The van der Waals surface area contributed by atoms with Gasteiger partial charge < -0.3 is 10.6 Å². The van der Waals surface area contributed by atoms with Gasteiger partial charge in [0.15, 0.2) is 0 Å². The predicted molar refractivity (Wildman–Crippen MR) is 148 cm³/mol. The van der Waals surface area contributed by atoms with Gasteiger partial charge in [0.05, 0.1) is 5.56 Å². The van der Waals surface area contributed by atoms with Gasteiger partial charge in [0, 0.05) is 21.9 Å². The zero-order chi connectivity index (χ0) is 25.5. The van der Waals surface area contributed by atoms with E-state index in [0.29, 0.717) is 22.9 Å². The highest BCUT2D eigenvalue weighted by atomic mass is 32.2. The van der Waals surface area contributed by atoms with Gasteiger partial charge >= 0.3 is 0 Å². The molecular weight excluding hydrogens is 486 g/mol. The van der Waals surface area contributed by atoms with E-state index in [9.17, 15) is 14.9 Å². The molecule has 0 radical (unpaired) electrons. The zero-order valence-corrected chi connectivity index (χ0v) is 22.3. The minimum absolute atomic E-state index is 0.00336. The Bertz CT molecular complexity index is 1260. The number of fused-ring (bicyclic) bond motifs is 1. The Morgan fingerprint density at radius 3 is 2.72 bits per heavy atom. The maximum Gasteiger partial charge on any atom is 0.243 e. The van der Waals surface area contributed by atoms with Crippen molar-refractivity contribution in [3.63, 3.8) is 0 Å². The highest BCUT2D eigenvalue weighted by molar-refractivity contribution is 8.00. The number of amides is 2. The molecule has 2 unspecified atom stereocenters. The largest absolute Gasteiger partial charge is 0.326 e. The van der Waals surface area contributed by atoms with E-state index in [-0.39, 0.29) is 11.8 Å². The molecule has 0 aliphatic heterocycles. The predicted octanol–water partition coefficient (Wildman–Crippen LogP) is 7.35. The van der Waals surface area contributed by atoms with Crippen LogP contribution in [-0.4, -0.2) is 11.8 Å². The lowest BCUT2D eigenvalue weighted by Crippen LogP contribution is -2.19. The first-order valence-electron chi connectivity index (χ1n) is 12.5. The number of anilines is 2. The lowest BCUT2D eigenvalue weighted by molar-refractivity contribution is -0.116. The first-order chi connectivity index (χ1) is 17.5. The van der Waals surface area contributed by atoms with Gasteiger partial charge in [0.2, 0.25) is 11.8 Å². The summed E-state index contributed by atoms with van der Waals surface area (Å²) in [4.78, 5) is 27.9. The minimum Gasteiger partial charge on any atom is -0.326 e. The van der Waals surface area contributed by atoms with Crippen LogP contribution in [0.5, 0.6) is 0 Å². The quantitative estimate of drug-likeness (QED) is 0.291. The summed E-state index contributed by atoms with van der Waals surface area (Å²) >= 11 is 2.98. The number of carbonyl (C=O) groups excluding carboxylic acids is 2. The van der Waals surface area contributed by atoms with Crippen molar-refractivity contribution in [3.8, 4) is 6.07 Å². The molecule has 1 aromatic heterocycles. The van der Waals surface area contributed by atoms with Crippen molar-refractivity contribution in [2.75, 3.05) is 10.6 Å². The van der Waals surface area contributed by atoms with Gasteiger partial charge in [-0.05, 0) is 60.9 Å². The van der Waals surface area contributed by atoms with E-state index in [0.717, 1.165) is 53.8 Å². The smallest absolute Gasteiger partial charge is 0.243 e. The molecule has 0 saturated heterocycles. The van der Waals surface area contributed by atoms with Gasteiger partial charge in [-0.1, -0.05) is 56.7 Å². The number of carbonyl (C=O) groups is 2. The fraction of sp³-hybridized carbons (Fsp3) is 0.345. The number of nitrogens with zero attached hydrogens (tertiary/aromatic N) is 1. The summed E-state index contributed by atoms with van der Waals surface area (Å²) in [5, 5.41) is 16.0. The van der Waals surface area contributed by atoms with Gasteiger partial charge in [-0.15, -0.1) is 23.1 Å². The first-order valence-corrected chi connectivity index (χ1v) is 14.1. The molecule has 1 aliphatic rings. The number of nitrogens with one attached hydrogen (secondary N) is 2. The molecule has 2 aromatic carbocycles. The molecular formula is C29H31N3O2S2. The molecule has 7 heteroatoms. The minimum atomic E-state index is -0.512. The van der Waals surface area contributed by atoms with Gasteiger partial charge in [0.1, 0.15) is 16.3 Å². The molecule has 0 bridgehead atoms. The average molecular weight is 518 g/mol. The van der Waals surface area contributed by atoms with Crippen molar-refractivity contribution in [1.82, 2.24) is 0 Å². The standard InChI is InChI=1S/C29H31N3O2S2/c1-3-4-13-26(33)31-21-11-8-12-22(17-21)35-27(20-9-6-5-7-10-20)28(34)32-29-24(18-30)23-15-14-19(2)16-25(23)36-29/h5-12,17,19,27H,3-4,13-16H2,1-2H3,(H,31,33)(H,32,34). The number of rotatable bonds is 9. The second-order valence-electron chi connectivity index (χ2n) is 9.25. The Hall–Kier alpha value is -3.08. The van der Waals surface area contributed by atoms with E-state index in [1.165, 1.54) is 16.6 Å². The molecule has 2 atom stereocenters. The van der Waals surface area contributed by atoms with Gasteiger partial charge in [-0.3, -0.25) is 9.59 Å². The zero-order valence-electron chi connectivity index (χ0n) is 20.7. The Labute approximate surface area is 221 Å². The van der Waals surface area contributed by atoms with Crippen LogP contribution in [0.25, 0.3) is 0 Å². The maximum atomic E-state index is 13.6. The molecule has 0 saturated carbocycles. The van der Waals surface area contributed by atoms with Crippen molar-refractivity contribution < 1.29 is 9.59 Å². The number of thiophene rings is 1. The normalized spacial score (nSPS) is 15.4. The molecule has 4 rings (SSSR count). The van der Waals surface area contributed by atoms with Crippen molar-refractivity contribution in [2.24, 2.45) is 5.92 Å². The van der Waals surface area contributed by atoms with E-state index in [4.69, 9.17) is 0 Å². The number of thioether (sulfide) groups is 1. The van der Waals surface area contributed by atoms with E-state index in [1.54, 1.807) is 11.3 Å². The highest BCUT2D eigenvalue weighted by Crippen LogP contribution is 2.41. The average Bonchev–Trinajstić information content (AvgIpc) is 3.22. The Morgan fingerprint density at radius 1 is 1.17 bits per heavy atom. The third-order valence-electron chi connectivity index (χ3n) is 6.33. The van der Waals surface area contributed by atoms with Crippen LogP contribution >= 0.6 is 23.1 Å². The van der Waals surface area contributed by atoms with Crippen LogP contribution in [0.2, 0.25) is 0 Å². The van der Waals surface area contributed by atoms with Crippen LogP contribution < -0.4 is 10.6 Å². The summed E-state index contributed by atoms with van der Waals surface area (Å²) in [5.74, 6) is 0.428. The Morgan fingerprint density at radius 2 is 1.97 bits per heavy atom. The lowest BCUT2D eigenvalue weighted by atomic mass is 9.88. The maximum absolute atomic E-state index is 13.6. The van der Waals surface area contributed by atoms with Crippen LogP contribution in [-0.2, 0) is 22.4 Å². The monoisotopic (exact) mass is 517 g/mol. The summed E-state index contributed by atoms with van der Waals surface area (Å²) in [7, 11) is 0. The molecule has 0 fully saturated rings. The van der Waals surface area contributed by atoms with Crippen LogP contribution in [0.15, 0.2) is 59.5 Å². The van der Waals surface area contributed by atoms with Crippen LogP contribution in [0.3, 0.4) is 0 Å². The van der Waals surface area contributed by atoms with Crippen molar-refractivity contribution in [1.29, 1.82) is 5.26 Å². The molecule has 5 nitrogen and oxygen atoms in total. The number of benzene rings is 2. The van der Waals surface area contributed by atoms with E-state index in [1.807, 2.05) is 54.6 Å². The topological polar surface area (TPSA) is 82.0 Å². The molecule has 1 aliphatic carbocycles. The summed E-state index contributed by atoms with van der Waals surface area (Å²) in [6.07, 6.45) is 5.23. The molecule has 2 amide bonds. The Balaban J connectivity index is 1.56. The van der Waals surface area contributed by atoms with Gasteiger partial charge in [-0.2, -0.15) is 5.26 Å². The second kappa shape index (κ2) is 12.2. The lowest BCUT2D eigenvalue weighted by Gasteiger charge is -2.17. The fourth-order valence-electron chi connectivity index (χ4n) is 4.38. The third kappa shape index (κ3) is 6.37. The summed E-state index contributed by atoms with van der Waals surface area (Å²) in [6.45, 7) is 4.29. The summed E-state index contributed by atoms with van der Waals surface area (Å²) in [5.41, 5.74) is 3.32. The SMILES string of the molecule is CCCCC(=O)Nc1cccc(SC(C(=O)Nc2sc3c(c2C#N)CCC(C)C3)c2ccccc2)c1. The highest BCUT2D eigenvalue weighted by Gasteiger charge is 2.28. The Kier molecular flexibility index (Phi) is 8.84. The van der Waals surface area contributed by atoms with Gasteiger partial charge in [0.25, 0.3) is 0 Å². The van der Waals surface area contributed by atoms with Crippen molar-refractivity contribution in [3.05, 3.63) is 76.2 Å². The van der Waals surface area contributed by atoms with E-state index >= 15 is 0 Å². The van der Waals surface area contributed by atoms with Crippen LogP contribution in [0, 0.1) is 17.2 Å². The number of hydrogen-bond donors (Lipinski definition) is 2.